The molecule has 1 aliphatic rings. The first-order valence-corrected chi connectivity index (χ1v) is 6.93. The van der Waals surface area contributed by atoms with Crippen molar-refractivity contribution in [2.24, 2.45) is 5.73 Å². The molecule has 0 aromatic heterocycles. The Labute approximate surface area is 126 Å². The van der Waals surface area contributed by atoms with Gasteiger partial charge in [-0.2, -0.15) is 0 Å². The molecule has 2 atom stereocenters. The molecule has 1 aromatic carbocycles. The quantitative estimate of drug-likeness (QED) is 0.765. The maximum Gasteiger partial charge on any atom is 0.312 e. The van der Waals surface area contributed by atoms with Gasteiger partial charge in [-0.1, -0.05) is 0 Å². The molecule has 1 aromatic rings. The fourth-order valence-corrected chi connectivity index (χ4v) is 2.44. The number of carbonyl (C=O) groups excluding carboxylic acids is 2. The summed E-state index contributed by atoms with van der Waals surface area (Å²) in [4.78, 5) is 24.3. The third kappa shape index (κ3) is 3.84. The highest BCUT2D eigenvalue weighted by atomic mass is 19.1. The van der Waals surface area contributed by atoms with E-state index in [1.807, 2.05) is 0 Å². The number of nitrogens with one attached hydrogen (secondary N) is 2. The van der Waals surface area contributed by atoms with Crippen LogP contribution < -0.4 is 21.3 Å². The van der Waals surface area contributed by atoms with Crippen molar-refractivity contribution in [3.63, 3.8) is 0 Å². The van der Waals surface area contributed by atoms with Crippen LogP contribution in [-0.2, 0) is 4.79 Å². The number of rotatable bonds is 4. The predicted octanol–water partition coefficient (Wildman–Crippen LogP) is 0.717. The van der Waals surface area contributed by atoms with Gasteiger partial charge in [0.2, 0.25) is 5.91 Å². The van der Waals surface area contributed by atoms with E-state index < -0.39 is 23.7 Å². The largest absolute Gasteiger partial charge is 0.367 e. The van der Waals surface area contributed by atoms with E-state index in [1.165, 1.54) is 19.1 Å². The first kappa shape index (κ1) is 16.0. The third-order valence-corrected chi connectivity index (χ3v) is 3.54. The van der Waals surface area contributed by atoms with Crippen LogP contribution in [0.1, 0.15) is 13.3 Å². The Morgan fingerprint density at radius 3 is 2.77 bits per heavy atom. The smallest absolute Gasteiger partial charge is 0.312 e. The molecule has 0 aliphatic carbocycles. The number of amides is 3. The first-order chi connectivity index (χ1) is 10.4. The van der Waals surface area contributed by atoms with E-state index in [2.05, 4.69) is 10.6 Å². The van der Waals surface area contributed by atoms with Crippen LogP contribution in [0.15, 0.2) is 18.2 Å². The van der Waals surface area contributed by atoms with Crippen LogP contribution in [0.25, 0.3) is 0 Å². The van der Waals surface area contributed by atoms with Crippen molar-refractivity contribution in [3.8, 4) is 0 Å². The van der Waals surface area contributed by atoms with E-state index in [0.717, 1.165) is 6.07 Å². The lowest BCUT2D eigenvalue weighted by molar-refractivity contribution is -0.123. The van der Waals surface area contributed by atoms with Crippen LogP contribution in [0.2, 0.25) is 0 Å². The second kappa shape index (κ2) is 6.59. The Hall–Kier alpha value is -2.38. The molecule has 2 rings (SSSR count). The minimum atomic E-state index is -0.774. The van der Waals surface area contributed by atoms with E-state index >= 15 is 0 Å². The monoisotopic (exact) mass is 312 g/mol. The summed E-state index contributed by atoms with van der Waals surface area (Å²) in [7, 11) is 0. The summed E-state index contributed by atoms with van der Waals surface area (Å²) in [6, 6.07) is 1.72. The van der Waals surface area contributed by atoms with Crippen molar-refractivity contribution in [1.82, 2.24) is 10.6 Å². The molecule has 1 fully saturated rings. The topological polar surface area (TPSA) is 87.5 Å². The molecule has 0 unspecified atom stereocenters. The second-order valence-corrected chi connectivity index (χ2v) is 5.27. The fraction of sp³-hybridized carbons (Fsp3) is 0.429. The maximum absolute atomic E-state index is 13.7. The third-order valence-electron chi connectivity index (χ3n) is 3.54. The standard InChI is InChI=1S/C14H18F2N4O2/c1-8(18-14(17)22)13(21)19-10-4-5-20(7-10)12-3-2-9(15)6-11(12)16/h2-3,6,8,10H,4-5,7H2,1H3,(H,19,21)(H3,17,18,22)/t8-,10-/m0/s1. The van der Waals surface area contributed by atoms with Gasteiger partial charge in [0, 0.05) is 25.2 Å². The summed E-state index contributed by atoms with van der Waals surface area (Å²) in [5, 5.41) is 5.05. The molecule has 4 N–H and O–H groups in total. The Balaban J connectivity index is 1.92. The summed E-state index contributed by atoms with van der Waals surface area (Å²) in [5.41, 5.74) is 5.26. The van der Waals surface area contributed by atoms with Crippen molar-refractivity contribution in [3.05, 3.63) is 29.8 Å². The number of hydrogen-bond acceptors (Lipinski definition) is 3. The van der Waals surface area contributed by atoms with E-state index in [1.54, 1.807) is 4.90 Å². The van der Waals surface area contributed by atoms with E-state index in [4.69, 9.17) is 5.73 Å². The lowest BCUT2D eigenvalue weighted by Crippen LogP contribution is -2.50. The van der Waals surface area contributed by atoms with Crippen molar-refractivity contribution in [2.45, 2.75) is 25.4 Å². The van der Waals surface area contributed by atoms with Crippen molar-refractivity contribution in [2.75, 3.05) is 18.0 Å². The van der Waals surface area contributed by atoms with Crippen LogP contribution in [-0.4, -0.2) is 37.1 Å². The number of primary amides is 1. The average molecular weight is 312 g/mol. The number of carbonyl (C=O) groups is 2. The molecule has 1 aliphatic heterocycles. The minimum Gasteiger partial charge on any atom is -0.367 e. The number of benzene rings is 1. The number of anilines is 1. The SMILES string of the molecule is C[C@H](NC(N)=O)C(=O)N[C@H]1CCN(c2ccc(F)cc2F)C1. The molecule has 0 bridgehead atoms. The van der Waals surface area contributed by atoms with Crippen LogP contribution >= 0.6 is 0 Å². The lowest BCUT2D eigenvalue weighted by atomic mass is 10.2. The molecule has 0 spiro atoms. The van der Waals surface area contributed by atoms with Gasteiger partial charge < -0.3 is 21.3 Å². The zero-order valence-electron chi connectivity index (χ0n) is 12.1. The summed E-state index contributed by atoms with van der Waals surface area (Å²) in [6.45, 7) is 2.48. The minimum absolute atomic E-state index is 0.172. The highest BCUT2D eigenvalue weighted by Gasteiger charge is 2.27. The number of nitrogens with two attached hydrogens (primary N) is 1. The van der Waals surface area contributed by atoms with Crippen LogP contribution in [0.4, 0.5) is 19.3 Å². The highest BCUT2D eigenvalue weighted by molar-refractivity contribution is 5.86. The zero-order chi connectivity index (χ0) is 16.3. The van der Waals surface area contributed by atoms with Crippen molar-refractivity contribution >= 4 is 17.6 Å². The summed E-state index contributed by atoms with van der Waals surface area (Å²) >= 11 is 0. The number of nitrogens with zero attached hydrogens (tertiary/aromatic N) is 1. The van der Waals surface area contributed by atoms with Gasteiger partial charge in [0.15, 0.2) is 0 Å². The second-order valence-electron chi connectivity index (χ2n) is 5.27. The molecule has 6 nitrogen and oxygen atoms in total. The molecular weight excluding hydrogens is 294 g/mol. The van der Waals surface area contributed by atoms with Gasteiger partial charge in [0.05, 0.1) is 5.69 Å². The molecule has 22 heavy (non-hydrogen) atoms. The van der Waals surface area contributed by atoms with Gasteiger partial charge in [0.1, 0.15) is 17.7 Å². The molecule has 0 saturated carbocycles. The molecule has 120 valence electrons. The Morgan fingerprint density at radius 1 is 1.41 bits per heavy atom. The van der Waals surface area contributed by atoms with Crippen LogP contribution in [0.5, 0.6) is 0 Å². The summed E-state index contributed by atoms with van der Waals surface area (Å²) in [6.07, 6.45) is 0.631. The molecule has 1 heterocycles. The number of halogens is 2. The van der Waals surface area contributed by atoms with E-state index in [0.29, 0.717) is 25.2 Å². The predicted molar refractivity (Wildman–Crippen MR) is 77.3 cm³/mol. The fourth-order valence-electron chi connectivity index (χ4n) is 2.44. The van der Waals surface area contributed by atoms with E-state index in [-0.39, 0.29) is 11.9 Å². The van der Waals surface area contributed by atoms with Crippen LogP contribution in [0.3, 0.4) is 0 Å². The van der Waals surface area contributed by atoms with Crippen LogP contribution in [0, 0.1) is 11.6 Å². The average Bonchev–Trinajstić information content (AvgIpc) is 2.86. The van der Waals surface area contributed by atoms with Gasteiger partial charge in [0.25, 0.3) is 0 Å². The van der Waals surface area contributed by atoms with Crippen molar-refractivity contribution < 1.29 is 18.4 Å². The van der Waals surface area contributed by atoms with Gasteiger partial charge >= 0.3 is 6.03 Å². The Bertz CT molecular complexity index is 582. The Kier molecular flexibility index (Phi) is 4.79. The molecule has 0 radical (unpaired) electrons. The number of hydrogen-bond donors (Lipinski definition) is 3. The van der Waals surface area contributed by atoms with Gasteiger partial charge in [-0.3, -0.25) is 4.79 Å². The van der Waals surface area contributed by atoms with Gasteiger partial charge in [-0.05, 0) is 25.5 Å². The Morgan fingerprint density at radius 2 is 2.14 bits per heavy atom. The first-order valence-electron chi connectivity index (χ1n) is 6.93. The van der Waals surface area contributed by atoms with Gasteiger partial charge in [-0.25, -0.2) is 13.6 Å². The molecule has 3 amide bonds. The zero-order valence-corrected chi connectivity index (χ0v) is 12.1. The number of urea groups is 1. The van der Waals surface area contributed by atoms with E-state index in [9.17, 15) is 18.4 Å². The van der Waals surface area contributed by atoms with Gasteiger partial charge in [-0.15, -0.1) is 0 Å². The summed E-state index contributed by atoms with van der Waals surface area (Å²) < 4.78 is 26.6. The van der Waals surface area contributed by atoms with Crippen molar-refractivity contribution in [1.29, 1.82) is 0 Å². The highest BCUT2D eigenvalue weighted by Crippen LogP contribution is 2.24. The molecular formula is C14H18F2N4O2. The normalized spacial score (nSPS) is 18.9. The summed E-state index contributed by atoms with van der Waals surface area (Å²) in [5.74, 6) is -1.61. The maximum atomic E-state index is 13.7. The molecule has 8 heteroatoms. The molecule has 1 saturated heterocycles. The lowest BCUT2D eigenvalue weighted by Gasteiger charge is -2.20.